The second-order valence-corrected chi connectivity index (χ2v) is 13.9. The van der Waals surface area contributed by atoms with Crippen molar-refractivity contribution in [3.05, 3.63) is 47.0 Å². The Morgan fingerprint density at radius 3 is 1.44 bits per heavy atom. The first-order valence-electron chi connectivity index (χ1n) is 17.7. The largest absolute Gasteiger partial charge is 0.493 e. The van der Waals surface area contributed by atoms with E-state index in [2.05, 4.69) is 41.5 Å². The topological polar surface area (TPSA) is 44.8 Å². The van der Waals surface area contributed by atoms with Crippen molar-refractivity contribution in [2.45, 2.75) is 132 Å². The van der Waals surface area contributed by atoms with Crippen molar-refractivity contribution in [3.63, 3.8) is 0 Å². The van der Waals surface area contributed by atoms with Crippen molar-refractivity contribution < 1.29 is 19.0 Å². The van der Waals surface area contributed by atoms with Gasteiger partial charge in [0.1, 0.15) is 17.2 Å². The summed E-state index contributed by atoms with van der Waals surface area (Å²) in [5.74, 6) is 3.74. The van der Waals surface area contributed by atoms with E-state index in [1.54, 1.807) is 0 Å². The van der Waals surface area contributed by atoms with Crippen LogP contribution < -0.4 is 19.5 Å². The van der Waals surface area contributed by atoms with Crippen LogP contribution in [0.3, 0.4) is 0 Å². The molecule has 0 saturated heterocycles. The maximum atomic E-state index is 13.9. The number of rotatable bonds is 24. The molecule has 2 aromatic carbocycles. The molecule has 0 aliphatic rings. The SMILES string of the molecule is CCCCC(CC)COc1cc(OCC(CC)CCCC)c(PC(=O)c2c(C)cccc2C)c(OCC(CC)CCCC)c1.[Li]. The van der Waals surface area contributed by atoms with Gasteiger partial charge in [0.2, 0.25) is 0 Å². The van der Waals surface area contributed by atoms with Gasteiger partial charge in [0, 0.05) is 36.6 Å². The van der Waals surface area contributed by atoms with Crippen LogP contribution in [-0.4, -0.2) is 44.2 Å². The maximum Gasteiger partial charge on any atom is 0.186 e. The van der Waals surface area contributed by atoms with Crippen LogP contribution in [0.1, 0.15) is 140 Å². The smallest absolute Gasteiger partial charge is 0.186 e. The summed E-state index contributed by atoms with van der Waals surface area (Å²) in [5.41, 5.74) is 2.97. The van der Waals surface area contributed by atoms with Gasteiger partial charge in [-0.1, -0.05) is 118 Å². The molecular weight excluding hydrogens is 570 g/mol. The Bertz CT molecular complexity index is 1040. The molecule has 0 aromatic heterocycles. The van der Waals surface area contributed by atoms with Crippen LogP contribution in [0.15, 0.2) is 30.3 Å². The zero-order chi connectivity index (χ0) is 32.3. The van der Waals surface area contributed by atoms with Gasteiger partial charge in [0.15, 0.2) is 5.52 Å². The van der Waals surface area contributed by atoms with Crippen molar-refractivity contribution >= 4 is 38.3 Å². The normalized spacial score (nSPS) is 13.3. The molecule has 0 amide bonds. The van der Waals surface area contributed by atoms with Crippen LogP contribution >= 0.6 is 8.58 Å². The summed E-state index contributed by atoms with van der Waals surface area (Å²) in [7, 11) is -0.0945. The Kier molecular flexibility index (Phi) is 22.0. The molecule has 0 bridgehead atoms. The quantitative estimate of drug-likeness (QED) is 0.0852. The minimum atomic E-state index is -0.0945. The van der Waals surface area contributed by atoms with Crippen LogP contribution in [0, 0.1) is 31.6 Å². The van der Waals surface area contributed by atoms with Gasteiger partial charge >= 0.3 is 0 Å². The number of hydrogen-bond acceptors (Lipinski definition) is 4. The van der Waals surface area contributed by atoms with E-state index < -0.39 is 0 Å². The fourth-order valence-electron chi connectivity index (χ4n) is 5.67. The number of benzene rings is 2. The summed E-state index contributed by atoms with van der Waals surface area (Å²) in [4.78, 5) is 13.9. The Labute approximate surface area is 290 Å². The van der Waals surface area contributed by atoms with Crippen molar-refractivity contribution in [1.29, 1.82) is 0 Å². The molecule has 249 valence electrons. The molecule has 0 saturated carbocycles. The minimum Gasteiger partial charge on any atom is -0.493 e. The maximum absolute atomic E-state index is 13.9. The first kappa shape index (κ1) is 41.6. The van der Waals surface area contributed by atoms with Gasteiger partial charge in [-0.15, -0.1) is 0 Å². The molecular formula is C39H63LiO4P. The third-order valence-electron chi connectivity index (χ3n) is 9.05. The number of unbranched alkanes of at least 4 members (excludes halogenated alkanes) is 3. The zero-order valence-corrected chi connectivity index (χ0v) is 31.4. The van der Waals surface area contributed by atoms with Gasteiger partial charge in [0.25, 0.3) is 0 Å². The number of hydrogen-bond donors (Lipinski definition) is 0. The Hall–Kier alpha value is -1.46. The predicted octanol–water partition coefficient (Wildman–Crippen LogP) is 10.9. The molecule has 0 spiro atoms. The summed E-state index contributed by atoms with van der Waals surface area (Å²) >= 11 is 0. The van der Waals surface area contributed by atoms with Crippen LogP contribution in [-0.2, 0) is 0 Å². The van der Waals surface area contributed by atoms with Gasteiger partial charge in [-0.3, -0.25) is 4.79 Å². The van der Waals surface area contributed by atoms with E-state index in [1.807, 2.05) is 44.2 Å². The molecule has 4 unspecified atom stereocenters. The zero-order valence-electron chi connectivity index (χ0n) is 30.4. The van der Waals surface area contributed by atoms with Gasteiger partial charge in [0.05, 0.1) is 25.1 Å². The summed E-state index contributed by atoms with van der Waals surface area (Å²) in [6.07, 6.45) is 13.9. The molecule has 4 atom stereocenters. The van der Waals surface area contributed by atoms with E-state index in [1.165, 1.54) is 44.9 Å². The van der Waals surface area contributed by atoms with Gasteiger partial charge in [-0.05, 0) is 70.6 Å². The van der Waals surface area contributed by atoms with E-state index in [9.17, 15) is 4.79 Å². The van der Waals surface area contributed by atoms with E-state index in [0.29, 0.717) is 37.6 Å². The van der Waals surface area contributed by atoms with E-state index in [0.717, 1.165) is 71.3 Å². The molecule has 2 rings (SSSR count). The van der Waals surface area contributed by atoms with Gasteiger partial charge in [-0.2, -0.15) is 0 Å². The van der Waals surface area contributed by atoms with Gasteiger partial charge < -0.3 is 14.2 Å². The summed E-state index contributed by atoms with van der Waals surface area (Å²) < 4.78 is 19.8. The molecule has 2 aromatic rings. The molecule has 0 heterocycles. The molecule has 0 fully saturated rings. The van der Waals surface area contributed by atoms with Crippen molar-refractivity contribution in [2.75, 3.05) is 19.8 Å². The first-order chi connectivity index (χ1) is 21.3. The molecule has 0 aliphatic heterocycles. The number of carbonyl (C=O) groups is 1. The number of aryl methyl sites for hydroxylation is 2. The Morgan fingerprint density at radius 2 is 1.07 bits per heavy atom. The third-order valence-corrected chi connectivity index (χ3v) is 10.3. The number of ether oxygens (including phenoxy) is 3. The second-order valence-electron chi connectivity index (χ2n) is 12.7. The predicted molar refractivity (Wildman–Crippen MR) is 197 cm³/mol. The molecule has 45 heavy (non-hydrogen) atoms. The fourth-order valence-corrected chi connectivity index (χ4v) is 6.95. The molecule has 1 radical (unpaired) electrons. The molecule has 0 aliphatic carbocycles. The summed E-state index contributed by atoms with van der Waals surface area (Å²) in [5, 5.41) is 0.874. The van der Waals surface area contributed by atoms with Gasteiger partial charge in [-0.25, -0.2) is 0 Å². The minimum absolute atomic E-state index is 0. The van der Waals surface area contributed by atoms with E-state index >= 15 is 0 Å². The van der Waals surface area contributed by atoms with Crippen LogP contribution in [0.25, 0.3) is 0 Å². The monoisotopic (exact) mass is 633 g/mol. The second kappa shape index (κ2) is 23.8. The molecule has 0 N–H and O–H groups in total. The Balaban J connectivity index is 0.0000101. The molecule has 4 nitrogen and oxygen atoms in total. The average Bonchev–Trinajstić information content (AvgIpc) is 3.02. The summed E-state index contributed by atoms with van der Waals surface area (Å²) in [6, 6.07) is 10.1. The van der Waals surface area contributed by atoms with E-state index in [4.69, 9.17) is 14.2 Å². The van der Waals surface area contributed by atoms with Crippen molar-refractivity contribution in [2.24, 2.45) is 17.8 Å². The van der Waals surface area contributed by atoms with Crippen molar-refractivity contribution in [1.82, 2.24) is 0 Å². The Morgan fingerprint density at radius 1 is 0.667 bits per heavy atom. The van der Waals surface area contributed by atoms with Crippen LogP contribution in [0.4, 0.5) is 0 Å². The van der Waals surface area contributed by atoms with Crippen molar-refractivity contribution in [3.8, 4) is 17.2 Å². The fraction of sp³-hybridized carbons (Fsp3) is 0.667. The number of carbonyl (C=O) groups excluding carboxylic acids is 1. The van der Waals surface area contributed by atoms with Crippen LogP contribution in [0.2, 0.25) is 0 Å². The third kappa shape index (κ3) is 14.5. The molecule has 6 heteroatoms. The van der Waals surface area contributed by atoms with E-state index in [-0.39, 0.29) is 33.0 Å². The first-order valence-corrected chi connectivity index (χ1v) is 18.7. The summed E-state index contributed by atoms with van der Waals surface area (Å²) in [6.45, 7) is 19.5. The standard InChI is InChI=1S/C39H63O4P.Li/c1-9-15-21-31(12-4)26-41-34-24-35(42-27-32(13-5)22-16-10-2)38(36(25-34)43-28-33(14-6)23-17-11-3)44-39(40)37-29(7)19-18-20-30(37)8;/h18-20,24-25,31-33,44H,9-17,21-23,26-28H2,1-8H3;. The average molecular weight is 634 g/mol. The van der Waals surface area contributed by atoms with Crippen LogP contribution in [0.5, 0.6) is 17.2 Å².